The molecule has 0 aliphatic heterocycles. The Kier molecular flexibility index (Phi) is 4.72. The van der Waals surface area contributed by atoms with Gasteiger partial charge < -0.3 is 10.2 Å². The number of nitrogens with zero attached hydrogens (tertiary/aromatic N) is 1. The first-order chi connectivity index (χ1) is 9.79. The van der Waals surface area contributed by atoms with Crippen LogP contribution in [0.15, 0.2) is 22.6 Å². The molecule has 1 unspecified atom stereocenters. The first kappa shape index (κ1) is 16.0. The Labute approximate surface area is 127 Å². The maximum atomic E-state index is 5.88. The number of oxazole rings is 1. The van der Waals surface area contributed by atoms with Gasteiger partial charge in [-0.3, -0.25) is 0 Å². The second-order valence-corrected chi connectivity index (χ2v) is 7.48. The van der Waals surface area contributed by atoms with Gasteiger partial charge >= 0.3 is 0 Å². The summed E-state index contributed by atoms with van der Waals surface area (Å²) >= 11 is 0. The predicted molar refractivity (Wildman–Crippen MR) is 88.4 cm³/mol. The summed E-state index contributed by atoms with van der Waals surface area (Å²) in [4.78, 5) is 4.66. The zero-order chi connectivity index (χ0) is 15.6. The third kappa shape index (κ3) is 4.07. The first-order valence-electron chi connectivity index (χ1n) is 7.89. The van der Waals surface area contributed by atoms with E-state index in [1.165, 1.54) is 5.56 Å². The van der Waals surface area contributed by atoms with Crippen molar-refractivity contribution in [3.8, 4) is 0 Å². The van der Waals surface area contributed by atoms with Gasteiger partial charge in [0.2, 0.25) is 0 Å². The Morgan fingerprint density at radius 2 is 1.95 bits per heavy atom. The molecule has 21 heavy (non-hydrogen) atoms. The normalized spacial score (nSPS) is 14.0. The minimum atomic E-state index is 0.130. The lowest BCUT2D eigenvalue weighted by atomic mass is 9.87. The summed E-state index contributed by atoms with van der Waals surface area (Å²) in [6, 6.07) is 6.31. The van der Waals surface area contributed by atoms with Crippen LogP contribution in [-0.4, -0.2) is 11.5 Å². The molecule has 0 aliphatic carbocycles. The molecule has 2 aromatic rings. The van der Waals surface area contributed by atoms with E-state index in [0.717, 1.165) is 29.8 Å². The Balaban J connectivity index is 2.22. The van der Waals surface area contributed by atoms with Crippen LogP contribution in [0, 0.1) is 11.8 Å². The molecule has 0 bridgehead atoms. The van der Waals surface area contributed by atoms with Gasteiger partial charge in [0.25, 0.3) is 0 Å². The number of hydrogen-bond donors (Lipinski definition) is 1. The molecule has 116 valence electrons. The number of hydrogen-bond acceptors (Lipinski definition) is 3. The molecular formula is C18H28N2O. The number of fused-ring (bicyclic) bond motifs is 1. The van der Waals surface area contributed by atoms with Gasteiger partial charge in [0.15, 0.2) is 11.5 Å². The molecule has 0 fully saturated rings. The predicted octanol–water partition coefficient (Wildman–Crippen LogP) is 4.29. The van der Waals surface area contributed by atoms with Crippen molar-refractivity contribution in [2.24, 2.45) is 17.6 Å². The van der Waals surface area contributed by atoms with Gasteiger partial charge in [-0.05, 0) is 47.9 Å². The van der Waals surface area contributed by atoms with Crippen molar-refractivity contribution in [1.29, 1.82) is 0 Å². The van der Waals surface area contributed by atoms with Gasteiger partial charge in [-0.1, -0.05) is 40.7 Å². The van der Waals surface area contributed by atoms with Crippen molar-refractivity contribution < 1.29 is 4.42 Å². The summed E-state index contributed by atoms with van der Waals surface area (Å²) < 4.78 is 5.88. The van der Waals surface area contributed by atoms with E-state index in [9.17, 15) is 0 Å². The van der Waals surface area contributed by atoms with E-state index in [1.54, 1.807) is 0 Å². The zero-order valence-corrected chi connectivity index (χ0v) is 13.9. The highest BCUT2D eigenvalue weighted by molar-refractivity contribution is 5.73. The Hall–Kier alpha value is -1.35. The van der Waals surface area contributed by atoms with E-state index in [2.05, 4.69) is 51.7 Å². The average Bonchev–Trinajstić information content (AvgIpc) is 2.77. The van der Waals surface area contributed by atoms with Crippen LogP contribution in [0.2, 0.25) is 0 Å². The Bertz CT molecular complexity index is 593. The lowest BCUT2D eigenvalue weighted by molar-refractivity contribution is 0.380. The summed E-state index contributed by atoms with van der Waals surface area (Å²) in [6.45, 7) is 11.8. The molecule has 0 radical (unpaired) electrons. The minimum absolute atomic E-state index is 0.130. The van der Waals surface area contributed by atoms with Crippen LogP contribution in [0.25, 0.3) is 11.1 Å². The molecule has 2 rings (SSSR count). The fourth-order valence-corrected chi connectivity index (χ4v) is 2.71. The topological polar surface area (TPSA) is 52.0 Å². The van der Waals surface area contributed by atoms with Gasteiger partial charge in [0.05, 0.1) is 0 Å². The van der Waals surface area contributed by atoms with Crippen LogP contribution in [0.5, 0.6) is 0 Å². The Morgan fingerprint density at radius 3 is 2.52 bits per heavy atom. The van der Waals surface area contributed by atoms with E-state index < -0.39 is 0 Å². The van der Waals surface area contributed by atoms with Gasteiger partial charge in [-0.25, -0.2) is 4.98 Å². The van der Waals surface area contributed by atoms with Crippen LogP contribution in [-0.2, 0) is 11.8 Å². The van der Waals surface area contributed by atoms with E-state index >= 15 is 0 Å². The highest BCUT2D eigenvalue weighted by atomic mass is 16.3. The van der Waals surface area contributed by atoms with Crippen LogP contribution in [0.1, 0.15) is 52.5 Å². The maximum Gasteiger partial charge on any atom is 0.195 e. The summed E-state index contributed by atoms with van der Waals surface area (Å²) in [5, 5.41) is 0. The molecular weight excluding hydrogens is 260 g/mol. The molecule has 1 aromatic carbocycles. The lowest BCUT2D eigenvalue weighted by Crippen LogP contribution is -2.18. The van der Waals surface area contributed by atoms with Crippen molar-refractivity contribution in [2.45, 2.75) is 52.9 Å². The third-order valence-electron chi connectivity index (χ3n) is 3.90. The molecule has 0 amide bonds. The van der Waals surface area contributed by atoms with Crippen LogP contribution in [0.3, 0.4) is 0 Å². The largest absolute Gasteiger partial charge is 0.441 e. The second kappa shape index (κ2) is 6.18. The van der Waals surface area contributed by atoms with Crippen molar-refractivity contribution in [1.82, 2.24) is 4.98 Å². The molecule has 3 nitrogen and oxygen atoms in total. The quantitative estimate of drug-likeness (QED) is 0.893. The van der Waals surface area contributed by atoms with Crippen LogP contribution < -0.4 is 5.73 Å². The monoisotopic (exact) mass is 288 g/mol. The molecule has 0 aliphatic rings. The van der Waals surface area contributed by atoms with Crippen LogP contribution in [0.4, 0.5) is 0 Å². The molecule has 0 spiro atoms. The smallest absolute Gasteiger partial charge is 0.195 e. The third-order valence-corrected chi connectivity index (χ3v) is 3.90. The van der Waals surface area contributed by atoms with Crippen molar-refractivity contribution in [3.63, 3.8) is 0 Å². The van der Waals surface area contributed by atoms with Gasteiger partial charge in [-0.2, -0.15) is 0 Å². The number of benzene rings is 1. The first-order valence-corrected chi connectivity index (χ1v) is 7.89. The molecule has 0 saturated carbocycles. The highest BCUT2D eigenvalue weighted by Gasteiger charge is 2.17. The molecule has 3 heteroatoms. The van der Waals surface area contributed by atoms with Crippen molar-refractivity contribution in [3.05, 3.63) is 29.7 Å². The highest BCUT2D eigenvalue weighted by Crippen LogP contribution is 2.27. The standard InChI is InChI=1S/C18H28N2O/c1-12(2)8-13(11-19)9-17-20-15-10-14(18(3,4)5)6-7-16(15)21-17/h6-7,10,12-13H,8-9,11,19H2,1-5H3. The van der Waals surface area contributed by atoms with Crippen LogP contribution >= 0.6 is 0 Å². The zero-order valence-electron chi connectivity index (χ0n) is 13.9. The summed E-state index contributed by atoms with van der Waals surface area (Å²) in [5.41, 5.74) is 9.12. The number of aromatic nitrogens is 1. The Morgan fingerprint density at radius 1 is 1.24 bits per heavy atom. The fraction of sp³-hybridized carbons (Fsp3) is 0.611. The second-order valence-electron chi connectivity index (χ2n) is 7.48. The van der Waals surface area contributed by atoms with E-state index in [-0.39, 0.29) is 5.41 Å². The van der Waals surface area contributed by atoms with Crippen molar-refractivity contribution >= 4 is 11.1 Å². The molecule has 1 atom stereocenters. The minimum Gasteiger partial charge on any atom is -0.441 e. The SMILES string of the molecule is CC(C)CC(CN)Cc1nc2cc(C(C)(C)C)ccc2o1. The maximum absolute atomic E-state index is 5.88. The summed E-state index contributed by atoms with van der Waals surface area (Å²) in [6.07, 6.45) is 1.94. The van der Waals surface area contributed by atoms with Gasteiger partial charge in [0.1, 0.15) is 5.52 Å². The number of nitrogens with two attached hydrogens (primary N) is 1. The molecule has 2 N–H and O–H groups in total. The molecule has 1 heterocycles. The van der Waals surface area contributed by atoms with Gasteiger partial charge in [-0.15, -0.1) is 0 Å². The summed E-state index contributed by atoms with van der Waals surface area (Å²) in [7, 11) is 0. The van der Waals surface area contributed by atoms with E-state index in [4.69, 9.17) is 10.2 Å². The summed E-state index contributed by atoms with van der Waals surface area (Å²) in [5.74, 6) is 1.91. The van der Waals surface area contributed by atoms with E-state index in [1.807, 2.05) is 6.07 Å². The molecule has 0 saturated heterocycles. The van der Waals surface area contributed by atoms with Gasteiger partial charge in [0, 0.05) is 6.42 Å². The fourth-order valence-electron chi connectivity index (χ4n) is 2.71. The number of rotatable bonds is 5. The lowest BCUT2D eigenvalue weighted by Gasteiger charge is -2.18. The van der Waals surface area contributed by atoms with Crippen molar-refractivity contribution in [2.75, 3.05) is 6.54 Å². The average molecular weight is 288 g/mol. The van der Waals surface area contributed by atoms with E-state index in [0.29, 0.717) is 18.4 Å². The molecule has 1 aromatic heterocycles.